The average Bonchev–Trinajstić information content (AvgIpc) is 2.79. The van der Waals surface area contributed by atoms with Crippen LogP contribution in [-0.2, 0) is 6.54 Å². The summed E-state index contributed by atoms with van der Waals surface area (Å²) in [7, 11) is 1.54. The second-order valence-electron chi connectivity index (χ2n) is 7.41. The third kappa shape index (κ3) is 5.77. The number of rotatable bonds is 6. The molecule has 9 nitrogen and oxygen atoms in total. The van der Waals surface area contributed by atoms with Gasteiger partial charge >= 0.3 is 6.03 Å². The van der Waals surface area contributed by atoms with Crippen LogP contribution in [-0.4, -0.2) is 53.5 Å². The van der Waals surface area contributed by atoms with E-state index in [2.05, 4.69) is 36.9 Å². The number of nitrogens with one attached hydrogen (secondary N) is 3. The zero-order valence-electron chi connectivity index (χ0n) is 17.8. The van der Waals surface area contributed by atoms with Gasteiger partial charge in [-0.05, 0) is 68.1 Å². The van der Waals surface area contributed by atoms with Crippen molar-refractivity contribution in [2.45, 2.75) is 32.2 Å². The van der Waals surface area contributed by atoms with Crippen molar-refractivity contribution >= 4 is 17.8 Å². The summed E-state index contributed by atoms with van der Waals surface area (Å²) in [6.07, 6.45) is 3.51. The van der Waals surface area contributed by atoms with Gasteiger partial charge in [0.25, 0.3) is 5.91 Å². The fourth-order valence-corrected chi connectivity index (χ4v) is 3.77. The lowest BCUT2D eigenvalue weighted by Crippen LogP contribution is -2.33. The largest absolute Gasteiger partial charge is 0.354 e. The van der Waals surface area contributed by atoms with Crippen LogP contribution >= 0.6 is 0 Å². The summed E-state index contributed by atoms with van der Waals surface area (Å²) in [6, 6.07) is 9.25. The topological polar surface area (TPSA) is 123 Å². The van der Waals surface area contributed by atoms with E-state index in [9.17, 15) is 14.9 Å². The fraction of sp³-hybridized carbons (Fsp3) is 0.409. The Morgan fingerprint density at radius 2 is 2.03 bits per heavy atom. The number of carbonyl (C=O) groups excluding carboxylic acids is 2. The molecule has 31 heavy (non-hydrogen) atoms. The second kappa shape index (κ2) is 10.5. The van der Waals surface area contributed by atoms with E-state index < -0.39 is 0 Å². The van der Waals surface area contributed by atoms with Crippen molar-refractivity contribution in [2.24, 2.45) is 0 Å². The number of hydrogen-bond donors (Lipinski definition) is 3. The summed E-state index contributed by atoms with van der Waals surface area (Å²) < 4.78 is 0. The van der Waals surface area contributed by atoms with E-state index in [0.29, 0.717) is 18.1 Å². The molecule has 162 valence electrons. The fourth-order valence-electron chi connectivity index (χ4n) is 3.77. The minimum atomic E-state index is -0.295. The van der Waals surface area contributed by atoms with Crippen LogP contribution < -0.4 is 16.0 Å². The van der Waals surface area contributed by atoms with Gasteiger partial charge in [-0.15, -0.1) is 0 Å². The predicted octanol–water partition coefficient (Wildman–Crippen LogP) is 2.23. The van der Waals surface area contributed by atoms with E-state index in [1.54, 1.807) is 19.3 Å². The molecule has 3 heterocycles. The van der Waals surface area contributed by atoms with Crippen LogP contribution in [0, 0.1) is 11.3 Å². The average molecular weight is 422 g/mol. The van der Waals surface area contributed by atoms with Gasteiger partial charge in [-0.3, -0.25) is 15.0 Å². The van der Waals surface area contributed by atoms with Crippen molar-refractivity contribution in [3.8, 4) is 6.07 Å². The maximum atomic E-state index is 11.8. The SMILES string of the molecule is CCNC(=O)Nc1cc(CN2CCC(c3ccc(C(=O)NC)nc3C#N)CC2)ccn1. The number of nitriles is 1. The molecule has 0 spiro atoms. The smallest absolute Gasteiger partial charge is 0.320 e. The zero-order chi connectivity index (χ0) is 22.2. The third-order valence-electron chi connectivity index (χ3n) is 5.33. The maximum absolute atomic E-state index is 11.8. The Morgan fingerprint density at radius 3 is 2.71 bits per heavy atom. The highest BCUT2D eigenvalue weighted by atomic mass is 16.2. The molecule has 0 saturated carbocycles. The van der Waals surface area contributed by atoms with Crippen molar-refractivity contribution in [1.82, 2.24) is 25.5 Å². The molecule has 1 saturated heterocycles. The van der Waals surface area contributed by atoms with Crippen molar-refractivity contribution in [2.75, 3.05) is 32.0 Å². The molecule has 1 aliphatic heterocycles. The Balaban J connectivity index is 1.60. The summed E-state index contributed by atoms with van der Waals surface area (Å²) in [6.45, 7) is 4.94. The highest BCUT2D eigenvalue weighted by Gasteiger charge is 2.24. The molecule has 1 aliphatic rings. The first-order chi connectivity index (χ1) is 15.0. The number of nitrogens with zero attached hydrogens (tertiary/aromatic N) is 4. The van der Waals surface area contributed by atoms with Gasteiger partial charge in [-0.1, -0.05) is 6.07 Å². The molecule has 0 aliphatic carbocycles. The van der Waals surface area contributed by atoms with Crippen molar-refractivity contribution in [3.63, 3.8) is 0 Å². The van der Waals surface area contributed by atoms with Gasteiger partial charge in [0.2, 0.25) is 0 Å². The molecule has 2 aromatic heterocycles. The van der Waals surface area contributed by atoms with E-state index in [4.69, 9.17) is 0 Å². The van der Waals surface area contributed by atoms with E-state index in [0.717, 1.165) is 43.6 Å². The molecule has 2 aromatic rings. The number of hydrogen-bond acceptors (Lipinski definition) is 6. The van der Waals surface area contributed by atoms with Gasteiger partial charge in [0, 0.05) is 26.3 Å². The summed E-state index contributed by atoms with van der Waals surface area (Å²) >= 11 is 0. The molecule has 3 N–H and O–H groups in total. The standard InChI is InChI=1S/C22H27N7O2/c1-3-25-22(31)28-20-12-15(6-9-26-20)14-29-10-7-16(8-11-29)17-4-5-18(21(30)24-2)27-19(17)13-23/h4-6,9,12,16H,3,7-8,10-11,14H2,1-2H3,(H,24,30)(H2,25,26,28,31). The molecule has 3 rings (SSSR count). The lowest BCUT2D eigenvalue weighted by atomic mass is 9.88. The summed E-state index contributed by atoms with van der Waals surface area (Å²) in [5.74, 6) is 0.472. The van der Waals surface area contributed by atoms with Gasteiger partial charge < -0.3 is 10.6 Å². The van der Waals surface area contributed by atoms with E-state index in [1.165, 1.54) is 0 Å². The van der Waals surface area contributed by atoms with Crippen LogP contribution in [0.25, 0.3) is 0 Å². The molecular formula is C22H27N7O2. The van der Waals surface area contributed by atoms with Gasteiger partial charge in [0.1, 0.15) is 23.3 Å². The quantitative estimate of drug-likeness (QED) is 0.657. The Labute approximate surface area is 181 Å². The van der Waals surface area contributed by atoms with Gasteiger partial charge in [-0.2, -0.15) is 5.26 Å². The molecule has 0 aromatic carbocycles. The Morgan fingerprint density at radius 1 is 1.26 bits per heavy atom. The monoisotopic (exact) mass is 421 g/mol. The first kappa shape index (κ1) is 22.2. The maximum Gasteiger partial charge on any atom is 0.320 e. The minimum Gasteiger partial charge on any atom is -0.354 e. The van der Waals surface area contributed by atoms with Gasteiger partial charge in [-0.25, -0.2) is 14.8 Å². The van der Waals surface area contributed by atoms with E-state index in [-0.39, 0.29) is 23.6 Å². The van der Waals surface area contributed by atoms with Crippen LogP contribution in [0.4, 0.5) is 10.6 Å². The van der Waals surface area contributed by atoms with Crippen LogP contribution in [0.3, 0.4) is 0 Å². The number of anilines is 1. The van der Waals surface area contributed by atoms with Crippen LogP contribution in [0.15, 0.2) is 30.5 Å². The highest BCUT2D eigenvalue weighted by Crippen LogP contribution is 2.30. The first-order valence-electron chi connectivity index (χ1n) is 10.4. The minimum absolute atomic E-state index is 0.240. The number of pyridine rings is 2. The predicted molar refractivity (Wildman–Crippen MR) is 117 cm³/mol. The lowest BCUT2D eigenvalue weighted by molar-refractivity contribution is 0.0958. The number of carbonyl (C=O) groups is 2. The van der Waals surface area contributed by atoms with Crippen LogP contribution in [0.1, 0.15) is 53.0 Å². The Hall–Kier alpha value is -3.51. The molecule has 9 heteroatoms. The first-order valence-corrected chi connectivity index (χ1v) is 10.4. The van der Waals surface area contributed by atoms with Crippen molar-refractivity contribution in [3.05, 3.63) is 53.0 Å². The number of piperidine rings is 1. The van der Waals surface area contributed by atoms with Gasteiger partial charge in [0.05, 0.1) is 0 Å². The molecule has 0 unspecified atom stereocenters. The molecule has 1 fully saturated rings. The van der Waals surface area contributed by atoms with Gasteiger partial charge in [0.15, 0.2) is 0 Å². The van der Waals surface area contributed by atoms with E-state index in [1.807, 2.05) is 25.1 Å². The molecular weight excluding hydrogens is 394 g/mol. The third-order valence-corrected chi connectivity index (χ3v) is 5.33. The molecule has 0 atom stereocenters. The highest BCUT2D eigenvalue weighted by molar-refractivity contribution is 5.92. The van der Waals surface area contributed by atoms with Crippen LogP contribution in [0.2, 0.25) is 0 Å². The normalized spacial score (nSPS) is 14.5. The lowest BCUT2D eigenvalue weighted by Gasteiger charge is -2.32. The molecule has 0 bridgehead atoms. The number of amides is 3. The van der Waals surface area contributed by atoms with E-state index >= 15 is 0 Å². The zero-order valence-corrected chi connectivity index (χ0v) is 17.8. The molecule has 0 radical (unpaired) electrons. The van der Waals surface area contributed by atoms with Crippen LogP contribution in [0.5, 0.6) is 0 Å². The summed E-state index contributed by atoms with van der Waals surface area (Å²) in [5.41, 5.74) is 2.58. The molecule has 3 amide bonds. The van der Waals surface area contributed by atoms with Crippen molar-refractivity contribution in [1.29, 1.82) is 5.26 Å². The van der Waals surface area contributed by atoms with Crippen molar-refractivity contribution < 1.29 is 9.59 Å². The summed E-state index contributed by atoms with van der Waals surface area (Å²) in [5, 5.41) is 17.5. The Bertz CT molecular complexity index is 978. The number of urea groups is 1. The number of likely N-dealkylation sites (tertiary alicyclic amines) is 1. The Kier molecular flexibility index (Phi) is 7.51. The summed E-state index contributed by atoms with van der Waals surface area (Å²) in [4.78, 5) is 34.2. The second-order valence-corrected chi connectivity index (χ2v) is 7.41. The number of aromatic nitrogens is 2.